The van der Waals surface area contributed by atoms with Crippen LogP contribution in [0.1, 0.15) is 11.3 Å². The standard InChI is InChI=1S/C12H9ClN2O/c13-11-7-14-9-6-5-8-3-1-2-4-10(8)16-12(9)15-11/h1-4,7H,5-6H2. The van der Waals surface area contributed by atoms with Crippen LogP contribution < -0.4 is 4.74 Å². The van der Waals surface area contributed by atoms with Crippen LogP contribution >= 0.6 is 11.6 Å². The molecule has 1 aliphatic heterocycles. The summed E-state index contributed by atoms with van der Waals surface area (Å²) in [5.74, 6) is 1.37. The first-order valence-corrected chi connectivity index (χ1v) is 5.48. The van der Waals surface area contributed by atoms with Crippen LogP contribution in [0.4, 0.5) is 0 Å². The van der Waals surface area contributed by atoms with Crippen LogP contribution in [0.15, 0.2) is 30.5 Å². The van der Waals surface area contributed by atoms with E-state index in [2.05, 4.69) is 16.0 Å². The molecule has 0 fully saturated rings. The SMILES string of the molecule is Clc1cnc2c(n1)Oc1ccccc1CC2. The van der Waals surface area contributed by atoms with Crippen molar-refractivity contribution in [3.8, 4) is 11.6 Å². The fraction of sp³-hybridized carbons (Fsp3) is 0.167. The molecule has 80 valence electrons. The molecular weight excluding hydrogens is 224 g/mol. The summed E-state index contributed by atoms with van der Waals surface area (Å²) in [6.07, 6.45) is 3.30. The van der Waals surface area contributed by atoms with Gasteiger partial charge in [-0.05, 0) is 24.5 Å². The van der Waals surface area contributed by atoms with E-state index >= 15 is 0 Å². The highest BCUT2D eigenvalue weighted by Crippen LogP contribution is 2.31. The van der Waals surface area contributed by atoms with Gasteiger partial charge < -0.3 is 4.74 Å². The third-order valence-corrected chi connectivity index (χ3v) is 2.77. The lowest BCUT2D eigenvalue weighted by atomic mass is 10.1. The maximum atomic E-state index is 5.80. The molecule has 16 heavy (non-hydrogen) atoms. The highest BCUT2D eigenvalue weighted by Gasteiger charge is 2.16. The van der Waals surface area contributed by atoms with Gasteiger partial charge in [0.1, 0.15) is 11.4 Å². The first-order chi connectivity index (χ1) is 7.83. The molecule has 2 aromatic rings. The number of ether oxygens (including phenoxy) is 1. The molecule has 1 aromatic heterocycles. The quantitative estimate of drug-likeness (QED) is 0.700. The number of fused-ring (bicyclic) bond motifs is 2. The number of benzene rings is 1. The maximum Gasteiger partial charge on any atom is 0.242 e. The number of aryl methyl sites for hydroxylation is 2. The molecule has 1 aliphatic rings. The Bertz CT molecular complexity index is 542. The van der Waals surface area contributed by atoms with Gasteiger partial charge in [-0.3, -0.25) is 4.98 Å². The number of hydrogen-bond acceptors (Lipinski definition) is 3. The van der Waals surface area contributed by atoms with Crippen molar-refractivity contribution in [3.05, 3.63) is 46.9 Å². The summed E-state index contributed by atoms with van der Waals surface area (Å²) in [6, 6.07) is 7.95. The molecule has 0 unspecified atom stereocenters. The van der Waals surface area contributed by atoms with Gasteiger partial charge in [-0.2, -0.15) is 4.98 Å². The van der Waals surface area contributed by atoms with Crippen LogP contribution in [0.3, 0.4) is 0 Å². The molecule has 0 bridgehead atoms. The summed E-state index contributed by atoms with van der Waals surface area (Å²) in [5.41, 5.74) is 2.04. The molecule has 0 radical (unpaired) electrons. The number of para-hydroxylation sites is 1. The monoisotopic (exact) mass is 232 g/mol. The molecule has 3 rings (SSSR count). The van der Waals surface area contributed by atoms with E-state index in [0.717, 1.165) is 24.3 Å². The number of aromatic nitrogens is 2. The summed E-state index contributed by atoms with van der Waals surface area (Å²) in [5, 5.41) is 0.359. The van der Waals surface area contributed by atoms with Crippen LogP contribution in [0, 0.1) is 0 Å². The van der Waals surface area contributed by atoms with Gasteiger partial charge in [0, 0.05) is 0 Å². The van der Waals surface area contributed by atoms with Gasteiger partial charge >= 0.3 is 0 Å². The molecule has 3 nitrogen and oxygen atoms in total. The molecule has 1 aromatic carbocycles. The van der Waals surface area contributed by atoms with Crippen molar-refractivity contribution in [2.75, 3.05) is 0 Å². The lowest BCUT2D eigenvalue weighted by molar-refractivity contribution is 0.456. The second kappa shape index (κ2) is 3.76. The summed E-state index contributed by atoms with van der Waals surface area (Å²) in [7, 11) is 0. The van der Waals surface area contributed by atoms with Crippen molar-refractivity contribution in [1.82, 2.24) is 9.97 Å². The van der Waals surface area contributed by atoms with Crippen LogP contribution in [0.25, 0.3) is 0 Å². The van der Waals surface area contributed by atoms with Gasteiger partial charge in [-0.25, -0.2) is 0 Å². The van der Waals surface area contributed by atoms with Crippen molar-refractivity contribution in [2.24, 2.45) is 0 Å². The summed E-state index contributed by atoms with van der Waals surface area (Å²) < 4.78 is 5.73. The van der Waals surface area contributed by atoms with Crippen molar-refractivity contribution < 1.29 is 4.74 Å². The normalized spacial score (nSPS) is 13.3. The minimum absolute atomic E-state index is 0.359. The Hall–Kier alpha value is -1.61. The van der Waals surface area contributed by atoms with E-state index in [1.807, 2.05) is 18.2 Å². The Morgan fingerprint density at radius 2 is 2.06 bits per heavy atom. The van der Waals surface area contributed by atoms with Gasteiger partial charge in [0.25, 0.3) is 0 Å². The lowest BCUT2D eigenvalue weighted by Crippen LogP contribution is -1.95. The van der Waals surface area contributed by atoms with Gasteiger partial charge in [0.15, 0.2) is 5.15 Å². The highest BCUT2D eigenvalue weighted by atomic mass is 35.5. The zero-order chi connectivity index (χ0) is 11.0. The number of nitrogens with zero attached hydrogens (tertiary/aromatic N) is 2. The van der Waals surface area contributed by atoms with Crippen molar-refractivity contribution >= 4 is 11.6 Å². The third-order valence-electron chi connectivity index (χ3n) is 2.59. The summed E-state index contributed by atoms with van der Waals surface area (Å²) in [6.45, 7) is 0. The zero-order valence-electron chi connectivity index (χ0n) is 8.48. The largest absolute Gasteiger partial charge is 0.437 e. The second-order valence-electron chi connectivity index (χ2n) is 3.65. The number of hydrogen-bond donors (Lipinski definition) is 0. The van der Waals surface area contributed by atoms with Crippen LogP contribution in [-0.2, 0) is 12.8 Å². The van der Waals surface area contributed by atoms with E-state index in [1.165, 1.54) is 5.56 Å². The Labute approximate surface area is 98.1 Å². The van der Waals surface area contributed by atoms with E-state index in [0.29, 0.717) is 11.0 Å². The van der Waals surface area contributed by atoms with Gasteiger partial charge in [0.2, 0.25) is 5.88 Å². The zero-order valence-corrected chi connectivity index (χ0v) is 9.24. The molecule has 0 saturated heterocycles. The predicted octanol–water partition coefficient (Wildman–Crippen LogP) is 3.02. The van der Waals surface area contributed by atoms with Gasteiger partial charge in [-0.1, -0.05) is 29.8 Å². The first-order valence-electron chi connectivity index (χ1n) is 5.10. The molecule has 2 heterocycles. The summed E-state index contributed by atoms with van der Waals surface area (Å²) >= 11 is 5.80. The van der Waals surface area contributed by atoms with Crippen LogP contribution in [-0.4, -0.2) is 9.97 Å². The fourth-order valence-corrected chi connectivity index (χ4v) is 1.92. The van der Waals surface area contributed by atoms with E-state index in [-0.39, 0.29) is 0 Å². The molecule has 0 saturated carbocycles. The Morgan fingerprint density at radius 1 is 1.19 bits per heavy atom. The minimum Gasteiger partial charge on any atom is -0.437 e. The van der Waals surface area contributed by atoms with Crippen LogP contribution in [0.5, 0.6) is 11.6 Å². The smallest absolute Gasteiger partial charge is 0.242 e. The van der Waals surface area contributed by atoms with Crippen molar-refractivity contribution in [3.63, 3.8) is 0 Å². The molecular formula is C12H9ClN2O. The summed E-state index contributed by atoms with van der Waals surface area (Å²) in [4.78, 5) is 8.40. The van der Waals surface area contributed by atoms with Crippen molar-refractivity contribution in [1.29, 1.82) is 0 Å². The fourth-order valence-electron chi connectivity index (χ4n) is 1.80. The van der Waals surface area contributed by atoms with Gasteiger partial charge in [-0.15, -0.1) is 0 Å². The van der Waals surface area contributed by atoms with Crippen molar-refractivity contribution in [2.45, 2.75) is 12.8 Å². The molecule has 0 amide bonds. The lowest BCUT2D eigenvalue weighted by Gasteiger charge is -2.06. The van der Waals surface area contributed by atoms with E-state index in [1.54, 1.807) is 6.20 Å². The van der Waals surface area contributed by atoms with E-state index in [4.69, 9.17) is 16.3 Å². The third kappa shape index (κ3) is 1.63. The average Bonchev–Trinajstić information content (AvgIpc) is 2.47. The number of halogens is 1. The highest BCUT2D eigenvalue weighted by molar-refractivity contribution is 6.29. The Kier molecular flexibility index (Phi) is 2.26. The Balaban J connectivity index is 2.10. The first kappa shape index (κ1) is 9.60. The molecule has 0 spiro atoms. The average molecular weight is 233 g/mol. The molecule has 0 atom stereocenters. The topological polar surface area (TPSA) is 35.0 Å². The number of rotatable bonds is 0. The van der Waals surface area contributed by atoms with Crippen LogP contribution in [0.2, 0.25) is 5.15 Å². The molecule has 0 aliphatic carbocycles. The van der Waals surface area contributed by atoms with E-state index < -0.39 is 0 Å². The maximum absolute atomic E-state index is 5.80. The van der Waals surface area contributed by atoms with E-state index in [9.17, 15) is 0 Å². The van der Waals surface area contributed by atoms with Gasteiger partial charge in [0.05, 0.1) is 6.20 Å². The predicted molar refractivity (Wildman–Crippen MR) is 61.0 cm³/mol. The molecule has 0 N–H and O–H groups in total. The molecule has 4 heteroatoms. The second-order valence-corrected chi connectivity index (χ2v) is 4.04. The Morgan fingerprint density at radius 3 is 3.00 bits per heavy atom. The minimum atomic E-state index is 0.359.